The molecule has 1 aliphatic carbocycles. The van der Waals surface area contributed by atoms with Gasteiger partial charge in [-0.15, -0.1) is 4.28 Å². The fourth-order valence-electron chi connectivity index (χ4n) is 2.73. The van der Waals surface area contributed by atoms with Crippen LogP contribution in [0.5, 0.6) is 0 Å². The molecule has 10 heteroatoms. The van der Waals surface area contributed by atoms with Crippen molar-refractivity contribution in [2.45, 2.75) is 24.9 Å². The lowest BCUT2D eigenvalue weighted by atomic mass is 9.95. The standard InChI is InChI=1S/C10H13N3O6S/c11-9(14)8-7(5-1-2-5)3-6-4-12(8)10(15)13(6)19-20(16,17)18/h3,5-6,8H,1-2,4H2,(H2,11,14)(H,16,17,18)/t6-,8+/m1/s1. The minimum absolute atomic E-state index is 0.0954. The number of amides is 3. The Bertz CT molecular complexity index is 610. The van der Waals surface area contributed by atoms with E-state index in [0.717, 1.165) is 18.4 Å². The van der Waals surface area contributed by atoms with Gasteiger partial charge in [0.05, 0.1) is 12.6 Å². The molecule has 3 aliphatic rings. The van der Waals surface area contributed by atoms with Gasteiger partial charge in [-0.2, -0.15) is 13.5 Å². The van der Waals surface area contributed by atoms with Crippen molar-refractivity contribution in [3.05, 3.63) is 11.6 Å². The van der Waals surface area contributed by atoms with Gasteiger partial charge in [-0.3, -0.25) is 9.35 Å². The number of hydrogen-bond acceptors (Lipinski definition) is 5. The first-order valence-electron chi connectivity index (χ1n) is 6.05. The fraction of sp³-hybridized carbons (Fsp3) is 0.600. The Hall–Kier alpha value is -1.65. The molecule has 20 heavy (non-hydrogen) atoms. The minimum atomic E-state index is -4.81. The third-order valence-corrected chi connectivity index (χ3v) is 3.97. The maximum absolute atomic E-state index is 12.1. The van der Waals surface area contributed by atoms with Crippen LogP contribution in [0, 0.1) is 5.92 Å². The minimum Gasteiger partial charge on any atom is -0.368 e. The Labute approximate surface area is 114 Å². The van der Waals surface area contributed by atoms with Crippen molar-refractivity contribution >= 4 is 22.3 Å². The lowest BCUT2D eigenvalue weighted by Crippen LogP contribution is -2.49. The summed E-state index contributed by atoms with van der Waals surface area (Å²) in [6.45, 7) is 0.0954. The fourth-order valence-corrected chi connectivity index (χ4v) is 3.11. The summed E-state index contributed by atoms with van der Waals surface area (Å²) in [5.74, 6) is -0.472. The highest BCUT2D eigenvalue weighted by atomic mass is 32.3. The van der Waals surface area contributed by atoms with E-state index in [1.54, 1.807) is 6.08 Å². The quantitative estimate of drug-likeness (QED) is 0.507. The first-order chi connectivity index (χ1) is 9.28. The number of fused-ring (bicyclic) bond motifs is 2. The predicted octanol–water partition coefficient (Wildman–Crippen LogP) is -0.969. The first-order valence-corrected chi connectivity index (χ1v) is 7.42. The number of nitrogens with two attached hydrogens (primary N) is 1. The van der Waals surface area contributed by atoms with Crippen molar-refractivity contribution < 1.29 is 26.8 Å². The number of rotatable bonds is 4. The summed E-state index contributed by atoms with van der Waals surface area (Å²) < 4.78 is 34.5. The van der Waals surface area contributed by atoms with Gasteiger partial charge in [0.15, 0.2) is 0 Å². The van der Waals surface area contributed by atoms with E-state index < -0.39 is 34.4 Å². The topological polar surface area (TPSA) is 130 Å². The Balaban J connectivity index is 1.95. The molecular formula is C10H13N3O6S. The van der Waals surface area contributed by atoms with E-state index in [9.17, 15) is 18.0 Å². The van der Waals surface area contributed by atoms with Crippen LogP contribution >= 0.6 is 0 Å². The molecule has 9 nitrogen and oxygen atoms in total. The zero-order chi connectivity index (χ0) is 14.7. The van der Waals surface area contributed by atoms with Gasteiger partial charge < -0.3 is 10.6 Å². The average Bonchev–Trinajstić information content (AvgIpc) is 3.13. The van der Waals surface area contributed by atoms with E-state index in [4.69, 9.17) is 10.3 Å². The molecule has 0 aromatic rings. The van der Waals surface area contributed by atoms with Gasteiger partial charge in [-0.05, 0) is 24.3 Å². The van der Waals surface area contributed by atoms with E-state index in [2.05, 4.69) is 4.28 Å². The summed E-state index contributed by atoms with van der Waals surface area (Å²) in [6.07, 6.45) is 3.45. The Morgan fingerprint density at radius 3 is 2.60 bits per heavy atom. The van der Waals surface area contributed by atoms with Crippen LogP contribution in [0.15, 0.2) is 11.6 Å². The summed E-state index contributed by atoms with van der Waals surface area (Å²) in [5.41, 5.74) is 6.07. The van der Waals surface area contributed by atoms with Crippen molar-refractivity contribution in [3.63, 3.8) is 0 Å². The second-order valence-corrected chi connectivity index (χ2v) is 6.08. The van der Waals surface area contributed by atoms with Crippen molar-refractivity contribution in [1.29, 1.82) is 0 Å². The molecule has 3 N–H and O–H groups in total. The molecule has 2 fully saturated rings. The Morgan fingerprint density at radius 2 is 2.10 bits per heavy atom. The zero-order valence-electron chi connectivity index (χ0n) is 10.3. The molecule has 0 radical (unpaired) electrons. The van der Waals surface area contributed by atoms with Gasteiger partial charge in [0.25, 0.3) is 0 Å². The molecule has 3 rings (SSSR count). The number of carbonyl (C=O) groups excluding carboxylic acids is 2. The van der Waals surface area contributed by atoms with Gasteiger partial charge in [0.1, 0.15) is 6.04 Å². The molecule has 0 aromatic heterocycles. The monoisotopic (exact) mass is 303 g/mol. The van der Waals surface area contributed by atoms with Crippen LogP contribution in [0.3, 0.4) is 0 Å². The van der Waals surface area contributed by atoms with E-state index >= 15 is 0 Å². The van der Waals surface area contributed by atoms with Gasteiger partial charge >= 0.3 is 16.4 Å². The summed E-state index contributed by atoms with van der Waals surface area (Å²) in [4.78, 5) is 24.8. The lowest BCUT2D eigenvalue weighted by molar-refractivity contribution is -0.121. The highest BCUT2D eigenvalue weighted by Crippen LogP contribution is 2.43. The number of carbonyl (C=O) groups is 2. The number of nitrogens with zero attached hydrogens (tertiary/aromatic N) is 2. The summed E-state index contributed by atoms with van der Waals surface area (Å²) in [5, 5.41) is 0.556. The highest BCUT2D eigenvalue weighted by molar-refractivity contribution is 7.80. The molecule has 2 heterocycles. The number of primary amides is 1. The van der Waals surface area contributed by atoms with Crippen LogP contribution in [-0.2, 0) is 19.5 Å². The molecule has 0 aromatic carbocycles. The predicted molar refractivity (Wildman–Crippen MR) is 64.2 cm³/mol. The number of hydroxylamine groups is 2. The largest absolute Gasteiger partial charge is 0.418 e. The summed E-state index contributed by atoms with van der Waals surface area (Å²) in [7, 11) is -4.81. The SMILES string of the molecule is NC(=O)[C@@H]1C(C2CC2)=C[C@@H]2CN1C(=O)N2OS(=O)(=O)O. The lowest BCUT2D eigenvalue weighted by Gasteiger charge is -2.29. The molecule has 2 aliphatic heterocycles. The van der Waals surface area contributed by atoms with Crippen molar-refractivity contribution in [2.24, 2.45) is 11.7 Å². The van der Waals surface area contributed by atoms with Gasteiger partial charge in [-0.25, -0.2) is 4.79 Å². The van der Waals surface area contributed by atoms with Crippen LogP contribution in [0.25, 0.3) is 0 Å². The maximum atomic E-state index is 12.1. The van der Waals surface area contributed by atoms with Gasteiger partial charge in [-0.1, -0.05) is 6.08 Å². The smallest absolute Gasteiger partial charge is 0.368 e. The second-order valence-electron chi connectivity index (χ2n) is 5.08. The molecule has 0 spiro atoms. The third-order valence-electron chi connectivity index (χ3n) is 3.62. The van der Waals surface area contributed by atoms with E-state index in [0.29, 0.717) is 5.06 Å². The van der Waals surface area contributed by atoms with Gasteiger partial charge in [0, 0.05) is 0 Å². The molecule has 2 atom stereocenters. The summed E-state index contributed by atoms with van der Waals surface area (Å²) in [6, 6.07) is -2.33. The summed E-state index contributed by atoms with van der Waals surface area (Å²) >= 11 is 0. The Morgan fingerprint density at radius 1 is 1.45 bits per heavy atom. The van der Waals surface area contributed by atoms with Crippen LogP contribution in [-0.4, -0.2) is 53.5 Å². The molecule has 3 amide bonds. The molecule has 1 saturated carbocycles. The van der Waals surface area contributed by atoms with Crippen LogP contribution in [0.4, 0.5) is 4.79 Å². The van der Waals surface area contributed by atoms with Crippen molar-refractivity contribution in [1.82, 2.24) is 9.96 Å². The highest BCUT2D eigenvalue weighted by Gasteiger charge is 2.51. The normalized spacial score (nSPS) is 29.6. The number of urea groups is 1. The van der Waals surface area contributed by atoms with Crippen molar-refractivity contribution in [2.75, 3.05) is 6.54 Å². The molecule has 0 unspecified atom stereocenters. The molecule has 110 valence electrons. The van der Waals surface area contributed by atoms with Gasteiger partial charge in [0.2, 0.25) is 5.91 Å². The second kappa shape index (κ2) is 4.17. The maximum Gasteiger partial charge on any atom is 0.418 e. The molecular weight excluding hydrogens is 290 g/mol. The van der Waals surface area contributed by atoms with Crippen molar-refractivity contribution in [3.8, 4) is 0 Å². The van der Waals surface area contributed by atoms with E-state index in [1.807, 2.05) is 0 Å². The van der Waals surface area contributed by atoms with Crippen LogP contribution in [0.2, 0.25) is 0 Å². The molecule has 1 saturated heterocycles. The van der Waals surface area contributed by atoms with Crippen LogP contribution < -0.4 is 5.73 Å². The zero-order valence-corrected chi connectivity index (χ0v) is 11.1. The van der Waals surface area contributed by atoms with Crippen LogP contribution in [0.1, 0.15) is 12.8 Å². The number of hydrogen-bond donors (Lipinski definition) is 2. The first kappa shape index (κ1) is 13.3. The van der Waals surface area contributed by atoms with E-state index in [1.165, 1.54) is 4.90 Å². The molecule has 2 bridgehead atoms. The van der Waals surface area contributed by atoms with E-state index in [-0.39, 0.29) is 12.5 Å². The average molecular weight is 303 g/mol. The Kier molecular flexibility index (Phi) is 2.78. The third kappa shape index (κ3) is 2.15.